The summed E-state index contributed by atoms with van der Waals surface area (Å²) in [4.78, 5) is 20.5. The number of nitrogens with one attached hydrogen (secondary N) is 1. The SMILES string of the molecule is Cc1cnc(C(=O)Cc2ccc([C@@H]3CCCNC3)cc2)cn1. The second kappa shape index (κ2) is 6.79. The first kappa shape index (κ1) is 14.9. The van der Waals surface area contributed by atoms with Crippen molar-refractivity contribution in [1.82, 2.24) is 15.3 Å². The van der Waals surface area contributed by atoms with E-state index in [1.807, 2.05) is 6.92 Å². The summed E-state index contributed by atoms with van der Waals surface area (Å²) in [5.41, 5.74) is 3.64. The van der Waals surface area contributed by atoms with Gasteiger partial charge in [0.1, 0.15) is 5.69 Å². The Labute approximate surface area is 131 Å². The average Bonchev–Trinajstić information content (AvgIpc) is 2.57. The maximum absolute atomic E-state index is 12.2. The molecular formula is C18H21N3O. The predicted molar refractivity (Wildman–Crippen MR) is 86.1 cm³/mol. The summed E-state index contributed by atoms with van der Waals surface area (Å²) >= 11 is 0. The van der Waals surface area contributed by atoms with Gasteiger partial charge in [-0.2, -0.15) is 0 Å². The van der Waals surface area contributed by atoms with E-state index in [0.29, 0.717) is 18.0 Å². The van der Waals surface area contributed by atoms with Gasteiger partial charge in [0, 0.05) is 19.2 Å². The second-order valence-corrected chi connectivity index (χ2v) is 5.93. The Morgan fingerprint density at radius 2 is 2.05 bits per heavy atom. The van der Waals surface area contributed by atoms with Crippen LogP contribution in [-0.4, -0.2) is 28.8 Å². The van der Waals surface area contributed by atoms with Crippen molar-refractivity contribution in [3.8, 4) is 0 Å². The molecular weight excluding hydrogens is 274 g/mol. The molecule has 1 aromatic heterocycles. The molecule has 3 rings (SSSR count). The Kier molecular flexibility index (Phi) is 4.59. The van der Waals surface area contributed by atoms with Gasteiger partial charge in [-0.05, 0) is 43.4 Å². The summed E-state index contributed by atoms with van der Waals surface area (Å²) in [5.74, 6) is 0.612. The third-order valence-electron chi connectivity index (χ3n) is 4.18. The van der Waals surface area contributed by atoms with Gasteiger partial charge in [0.25, 0.3) is 0 Å². The average molecular weight is 295 g/mol. The highest BCUT2D eigenvalue weighted by atomic mass is 16.1. The molecule has 1 aromatic carbocycles. The lowest BCUT2D eigenvalue weighted by molar-refractivity contribution is 0.0988. The Bertz CT molecular complexity index is 628. The van der Waals surface area contributed by atoms with Crippen LogP contribution in [0.15, 0.2) is 36.7 Å². The number of aromatic nitrogens is 2. The third kappa shape index (κ3) is 3.57. The number of hydrogen-bond acceptors (Lipinski definition) is 4. The maximum Gasteiger partial charge on any atom is 0.187 e. The van der Waals surface area contributed by atoms with E-state index in [2.05, 4.69) is 39.6 Å². The molecule has 1 N–H and O–H groups in total. The van der Waals surface area contributed by atoms with Crippen molar-refractivity contribution in [3.05, 3.63) is 59.2 Å². The molecule has 0 amide bonds. The van der Waals surface area contributed by atoms with Crippen molar-refractivity contribution in [2.24, 2.45) is 0 Å². The molecule has 1 aliphatic rings. The molecule has 0 radical (unpaired) electrons. The molecule has 22 heavy (non-hydrogen) atoms. The van der Waals surface area contributed by atoms with E-state index in [1.54, 1.807) is 12.4 Å². The number of piperidine rings is 1. The van der Waals surface area contributed by atoms with Crippen LogP contribution in [0.3, 0.4) is 0 Å². The monoisotopic (exact) mass is 295 g/mol. The highest BCUT2D eigenvalue weighted by Crippen LogP contribution is 2.23. The molecule has 0 spiro atoms. The Morgan fingerprint density at radius 1 is 1.23 bits per heavy atom. The number of nitrogens with zero attached hydrogens (tertiary/aromatic N) is 2. The number of carbonyl (C=O) groups excluding carboxylic acids is 1. The number of ketones is 1. The fraction of sp³-hybridized carbons (Fsp3) is 0.389. The zero-order valence-electron chi connectivity index (χ0n) is 12.9. The molecule has 0 aliphatic carbocycles. The van der Waals surface area contributed by atoms with Gasteiger partial charge < -0.3 is 5.32 Å². The summed E-state index contributed by atoms with van der Waals surface area (Å²) in [6.07, 6.45) is 6.04. The fourth-order valence-electron chi connectivity index (χ4n) is 2.86. The van der Waals surface area contributed by atoms with E-state index in [-0.39, 0.29) is 5.78 Å². The molecule has 2 aromatic rings. The summed E-state index contributed by atoms with van der Waals surface area (Å²) < 4.78 is 0. The largest absolute Gasteiger partial charge is 0.316 e. The minimum Gasteiger partial charge on any atom is -0.316 e. The molecule has 2 heterocycles. The van der Waals surface area contributed by atoms with Crippen LogP contribution in [-0.2, 0) is 6.42 Å². The lowest BCUT2D eigenvalue weighted by Crippen LogP contribution is -2.28. The van der Waals surface area contributed by atoms with E-state index in [9.17, 15) is 4.79 Å². The van der Waals surface area contributed by atoms with Gasteiger partial charge in [-0.3, -0.25) is 9.78 Å². The summed E-state index contributed by atoms with van der Waals surface area (Å²) in [6.45, 7) is 4.04. The molecule has 4 nitrogen and oxygen atoms in total. The summed E-state index contributed by atoms with van der Waals surface area (Å²) in [5, 5.41) is 3.44. The van der Waals surface area contributed by atoms with Crippen molar-refractivity contribution in [1.29, 1.82) is 0 Å². The number of aryl methyl sites for hydroxylation is 1. The molecule has 114 valence electrons. The van der Waals surface area contributed by atoms with Crippen LogP contribution in [0.25, 0.3) is 0 Å². The predicted octanol–water partition coefficient (Wildman–Crippen LogP) is 2.68. The highest BCUT2D eigenvalue weighted by Gasteiger charge is 2.15. The normalized spacial score (nSPS) is 18.1. The molecule has 1 fully saturated rings. The van der Waals surface area contributed by atoms with E-state index >= 15 is 0 Å². The van der Waals surface area contributed by atoms with Crippen LogP contribution >= 0.6 is 0 Å². The van der Waals surface area contributed by atoms with Crippen molar-refractivity contribution >= 4 is 5.78 Å². The highest BCUT2D eigenvalue weighted by molar-refractivity contribution is 5.95. The number of rotatable bonds is 4. The smallest absolute Gasteiger partial charge is 0.187 e. The van der Waals surface area contributed by atoms with Crippen LogP contribution in [0, 0.1) is 6.92 Å². The molecule has 0 bridgehead atoms. The van der Waals surface area contributed by atoms with Crippen molar-refractivity contribution in [2.75, 3.05) is 13.1 Å². The molecule has 1 saturated heterocycles. The van der Waals surface area contributed by atoms with Crippen molar-refractivity contribution in [3.63, 3.8) is 0 Å². The van der Waals surface area contributed by atoms with Gasteiger partial charge in [-0.1, -0.05) is 24.3 Å². The van der Waals surface area contributed by atoms with Gasteiger partial charge in [0.2, 0.25) is 0 Å². The lowest BCUT2D eigenvalue weighted by Gasteiger charge is -2.23. The van der Waals surface area contributed by atoms with Crippen molar-refractivity contribution < 1.29 is 4.79 Å². The number of hydrogen-bond donors (Lipinski definition) is 1. The standard InChI is InChI=1S/C18H21N3O/c1-13-10-21-17(12-20-13)18(22)9-14-4-6-15(7-5-14)16-3-2-8-19-11-16/h4-7,10,12,16,19H,2-3,8-9,11H2,1H3/t16-/m1/s1. The van der Waals surface area contributed by atoms with Gasteiger partial charge in [0.05, 0.1) is 11.9 Å². The Balaban J connectivity index is 1.65. The Morgan fingerprint density at radius 3 is 2.68 bits per heavy atom. The minimum atomic E-state index is 0.0135. The van der Waals surface area contributed by atoms with Crippen molar-refractivity contribution in [2.45, 2.75) is 32.1 Å². The lowest BCUT2D eigenvalue weighted by atomic mass is 9.91. The molecule has 0 saturated carbocycles. The van der Waals surface area contributed by atoms with E-state index in [0.717, 1.165) is 24.3 Å². The molecule has 1 atom stereocenters. The topological polar surface area (TPSA) is 54.9 Å². The molecule has 0 unspecified atom stereocenters. The third-order valence-corrected chi connectivity index (χ3v) is 4.18. The zero-order valence-corrected chi connectivity index (χ0v) is 12.9. The van der Waals surface area contributed by atoms with Crippen LogP contribution < -0.4 is 5.32 Å². The summed E-state index contributed by atoms with van der Waals surface area (Å²) in [7, 11) is 0. The first-order valence-corrected chi connectivity index (χ1v) is 7.84. The molecule has 4 heteroatoms. The van der Waals surface area contributed by atoms with Crippen LogP contribution in [0.2, 0.25) is 0 Å². The molecule has 1 aliphatic heterocycles. The van der Waals surface area contributed by atoms with Crippen LogP contribution in [0.1, 0.15) is 46.1 Å². The van der Waals surface area contributed by atoms with Gasteiger partial charge in [-0.25, -0.2) is 4.98 Å². The quantitative estimate of drug-likeness (QED) is 0.881. The zero-order chi connectivity index (χ0) is 15.4. The second-order valence-electron chi connectivity index (χ2n) is 5.93. The summed E-state index contributed by atoms with van der Waals surface area (Å²) in [6, 6.07) is 8.43. The van der Waals surface area contributed by atoms with E-state index in [4.69, 9.17) is 0 Å². The van der Waals surface area contributed by atoms with Crippen LogP contribution in [0.5, 0.6) is 0 Å². The number of carbonyl (C=O) groups is 1. The maximum atomic E-state index is 12.2. The first-order chi connectivity index (χ1) is 10.7. The first-order valence-electron chi connectivity index (χ1n) is 7.84. The van der Waals surface area contributed by atoms with Gasteiger partial charge >= 0.3 is 0 Å². The fourth-order valence-corrected chi connectivity index (χ4v) is 2.86. The number of benzene rings is 1. The van der Waals surface area contributed by atoms with Gasteiger partial charge in [-0.15, -0.1) is 0 Å². The van der Waals surface area contributed by atoms with Gasteiger partial charge in [0.15, 0.2) is 5.78 Å². The Hall–Kier alpha value is -2.07. The van der Waals surface area contributed by atoms with E-state index < -0.39 is 0 Å². The number of Topliss-reactive ketones (excluding diaryl/α,β-unsaturated/α-hetero) is 1. The minimum absolute atomic E-state index is 0.0135. The van der Waals surface area contributed by atoms with Crippen LogP contribution in [0.4, 0.5) is 0 Å². The van der Waals surface area contributed by atoms with E-state index in [1.165, 1.54) is 18.4 Å².